The molecule has 0 aromatic heterocycles. The summed E-state index contributed by atoms with van der Waals surface area (Å²) in [5.74, 6) is 0.117. The van der Waals surface area contributed by atoms with Crippen molar-refractivity contribution in [1.82, 2.24) is 4.90 Å². The highest BCUT2D eigenvalue weighted by Gasteiger charge is 2.26. The van der Waals surface area contributed by atoms with Gasteiger partial charge in [-0.25, -0.2) is 0 Å². The number of alkyl halides is 1. The minimum atomic E-state index is 0.117. The summed E-state index contributed by atoms with van der Waals surface area (Å²) < 4.78 is 5.43. The summed E-state index contributed by atoms with van der Waals surface area (Å²) in [6.45, 7) is 4.08. The Labute approximate surface area is 116 Å². The van der Waals surface area contributed by atoms with Gasteiger partial charge >= 0.3 is 0 Å². The Kier molecular flexibility index (Phi) is 4.78. The van der Waals surface area contributed by atoms with Crippen molar-refractivity contribution >= 4 is 21.8 Å². The van der Waals surface area contributed by atoms with Gasteiger partial charge in [-0.1, -0.05) is 35.0 Å². The monoisotopic (exact) mass is 311 g/mol. The highest BCUT2D eigenvalue weighted by molar-refractivity contribution is 9.08. The number of ether oxygens (including phenoxy) is 1. The zero-order valence-electron chi connectivity index (χ0n) is 10.6. The molecule has 1 amide bonds. The lowest BCUT2D eigenvalue weighted by Crippen LogP contribution is -2.48. The van der Waals surface area contributed by atoms with Gasteiger partial charge in [0.1, 0.15) is 0 Å². The van der Waals surface area contributed by atoms with Gasteiger partial charge in [-0.05, 0) is 24.1 Å². The number of rotatable bonds is 3. The second-order valence-electron chi connectivity index (χ2n) is 4.47. The number of halogens is 1. The first-order chi connectivity index (χ1) is 8.76. The van der Waals surface area contributed by atoms with Crippen LogP contribution in [0.2, 0.25) is 0 Å². The third-order valence-electron chi connectivity index (χ3n) is 3.31. The minimum Gasteiger partial charge on any atom is -0.377 e. The van der Waals surface area contributed by atoms with Crippen molar-refractivity contribution in [2.24, 2.45) is 0 Å². The van der Waals surface area contributed by atoms with Gasteiger partial charge in [0.2, 0.25) is 0 Å². The van der Waals surface area contributed by atoms with E-state index >= 15 is 0 Å². The van der Waals surface area contributed by atoms with Crippen LogP contribution in [0.4, 0.5) is 0 Å². The molecular weight excluding hydrogens is 294 g/mol. The molecule has 1 aliphatic rings. The third kappa shape index (κ3) is 2.93. The number of morpholine rings is 1. The molecule has 3 nitrogen and oxygen atoms in total. The molecule has 0 aliphatic carbocycles. The van der Waals surface area contributed by atoms with Crippen LogP contribution in [-0.2, 0) is 10.1 Å². The summed E-state index contributed by atoms with van der Waals surface area (Å²) in [5, 5.41) is 0.816. The van der Waals surface area contributed by atoms with Gasteiger partial charge in [-0.15, -0.1) is 0 Å². The molecule has 0 radical (unpaired) electrons. The number of amides is 1. The molecule has 1 heterocycles. The number of carbonyl (C=O) groups is 1. The van der Waals surface area contributed by atoms with Crippen LogP contribution in [0.1, 0.15) is 29.3 Å². The molecule has 0 bridgehead atoms. The molecule has 1 fully saturated rings. The van der Waals surface area contributed by atoms with Crippen LogP contribution < -0.4 is 0 Å². The van der Waals surface area contributed by atoms with Gasteiger partial charge in [-0.2, -0.15) is 0 Å². The summed E-state index contributed by atoms with van der Waals surface area (Å²) in [4.78, 5) is 14.4. The van der Waals surface area contributed by atoms with Crippen LogP contribution in [-0.4, -0.2) is 36.6 Å². The Morgan fingerprint density at radius 1 is 1.44 bits per heavy atom. The van der Waals surface area contributed by atoms with E-state index in [1.54, 1.807) is 0 Å². The van der Waals surface area contributed by atoms with Gasteiger partial charge in [-0.3, -0.25) is 4.79 Å². The first kappa shape index (κ1) is 13.6. The number of hydrogen-bond donors (Lipinski definition) is 0. The third-order valence-corrected chi connectivity index (χ3v) is 3.96. The Balaban J connectivity index is 2.13. The molecular formula is C14H18BrNO2. The van der Waals surface area contributed by atoms with Gasteiger partial charge in [0.15, 0.2) is 0 Å². The first-order valence-corrected chi connectivity index (χ1v) is 7.42. The van der Waals surface area contributed by atoms with Crippen LogP contribution in [0.25, 0.3) is 0 Å². The molecule has 0 spiro atoms. The smallest absolute Gasteiger partial charge is 0.254 e. The van der Waals surface area contributed by atoms with Crippen molar-refractivity contribution in [1.29, 1.82) is 0 Å². The fourth-order valence-electron chi connectivity index (χ4n) is 2.16. The maximum atomic E-state index is 12.4. The lowest BCUT2D eigenvalue weighted by atomic mass is 10.1. The largest absolute Gasteiger partial charge is 0.377 e. The van der Waals surface area contributed by atoms with E-state index in [4.69, 9.17) is 4.74 Å². The van der Waals surface area contributed by atoms with E-state index in [1.165, 1.54) is 5.56 Å². The SMILES string of the molecule is CCC1COCCN1C(=O)c1ccc(CBr)cc1. The second kappa shape index (κ2) is 6.34. The van der Waals surface area contributed by atoms with Crippen LogP contribution in [0, 0.1) is 0 Å². The normalized spacial score (nSPS) is 19.9. The van der Waals surface area contributed by atoms with Crippen molar-refractivity contribution in [3.63, 3.8) is 0 Å². The highest BCUT2D eigenvalue weighted by Crippen LogP contribution is 2.16. The van der Waals surface area contributed by atoms with Crippen molar-refractivity contribution in [2.45, 2.75) is 24.7 Å². The topological polar surface area (TPSA) is 29.5 Å². The average Bonchev–Trinajstić information content (AvgIpc) is 2.46. The maximum Gasteiger partial charge on any atom is 0.254 e. The van der Waals surface area contributed by atoms with E-state index in [0.717, 1.165) is 17.3 Å². The van der Waals surface area contributed by atoms with Crippen LogP contribution in [0.5, 0.6) is 0 Å². The van der Waals surface area contributed by atoms with E-state index in [0.29, 0.717) is 19.8 Å². The van der Waals surface area contributed by atoms with Gasteiger partial charge in [0.25, 0.3) is 5.91 Å². The average molecular weight is 312 g/mol. The van der Waals surface area contributed by atoms with E-state index in [1.807, 2.05) is 29.2 Å². The Hall–Kier alpha value is -0.870. The number of benzene rings is 1. The minimum absolute atomic E-state index is 0.117. The van der Waals surface area contributed by atoms with Crippen molar-refractivity contribution < 1.29 is 9.53 Å². The predicted molar refractivity (Wildman–Crippen MR) is 75.0 cm³/mol. The van der Waals surface area contributed by atoms with Gasteiger partial charge in [0, 0.05) is 17.4 Å². The molecule has 18 heavy (non-hydrogen) atoms. The molecule has 0 saturated carbocycles. The fourth-order valence-corrected chi connectivity index (χ4v) is 2.54. The molecule has 0 N–H and O–H groups in total. The quantitative estimate of drug-likeness (QED) is 0.803. The number of nitrogens with zero attached hydrogens (tertiary/aromatic N) is 1. The Morgan fingerprint density at radius 2 is 2.17 bits per heavy atom. The molecule has 1 unspecified atom stereocenters. The molecule has 1 aliphatic heterocycles. The van der Waals surface area contributed by atoms with Crippen LogP contribution >= 0.6 is 15.9 Å². The van der Waals surface area contributed by atoms with E-state index in [-0.39, 0.29) is 11.9 Å². The molecule has 1 aromatic rings. The van der Waals surface area contributed by atoms with Crippen LogP contribution in [0.3, 0.4) is 0 Å². The fraction of sp³-hybridized carbons (Fsp3) is 0.500. The predicted octanol–water partition coefficient (Wildman–Crippen LogP) is 2.83. The molecule has 1 saturated heterocycles. The standard InChI is InChI=1S/C14H18BrNO2/c1-2-13-10-18-8-7-16(13)14(17)12-5-3-11(9-15)4-6-12/h3-6,13H,2,7-10H2,1H3. The van der Waals surface area contributed by atoms with E-state index < -0.39 is 0 Å². The molecule has 4 heteroatoms. The summed E-state index contributed by atoms with van der Waals surface area (Å²) in [6, 6.07) is 8.00. The van der Waals surface area contributed by atoms with Crippen molar-refractivity contribution in [3.8, 4) is 0 Å². The molecule has 1 aromatic carbocycles. The summed E-state index contributed by atoms with van der Waals surface area (Å²) >= 11 is 3.40. The molecule has 1 atom stereocenters. The van der Waals surface area contributed by atoms with E-state index in [9.17, 15) is 4.79 Å². The summed E-state index contributed by atoms with van der Waals surface area (Å²) in [7, 11) is 0. The highest BCUT2D eigenvalue weighted by atomic mass is 79.9. The Bertz CT molecular complexity index is 405. The summed E-state index contributed by atoms with van der Waals surface area (Å²) in [6.07, 6.45) is 0.936. The zero-order chi connectivity index (χ0) is 13.0. The van der Waals surface area contributed by atoms with E-state index in [2.05, 4.69) is 22.9 Å². The maximum absolute atomic E-state index is 12.4. The van der Waals surface area contributed by atoms with Gasteiger partial charge < -0.3 is 9.64 Å². The second-order valence-corrected chi connectivity index (χ2v) is 5.03. The van der Waals surface area contributed by atoms with Crippen molar-refractivity contribution in [3.05, 3.63) is 35.4 Å². The summed E-state index contributed by atoms with van der Waals surface area (Å²) in [5.41, 5.74) is 1.95. The number of carbonyl (C=O) groups excluding carboxylic acids is 1. The lowest BCUT2D eigenvalue weighted by Gasteiger charge is -2.35. The number of hydrogen-bond acceptors (Lipinski definition) is 2. The zero-order valence-corrected chi connectivity index (χ0v) is 12.1. The lowest BCUT2D eigenvalue weighted by molar-refractivity contribution is -0.00279. The molecule has 98 valence electrons. The first-order valence-electron chi connectivity index (χ1n) is 6.30. The molecule has 2 rings (SSSR count). The van der Waals surface area contributed by atoms with Gasteiger partial charge in [0.05, 0.1) is 19.3 Å². The van der Waals surface area contributed by atoms with Crippen LogP contribution in [0.15, 0.2) is 24.3 Å². The Morgan fingerprint density at radius 3 is 2.78 bits per heavy atom. The van der Waals surface area contributed by atoms with Crippen molar-refractivity contribution in [2.75, 3.05) is 19.8 Å².